The Balaban J connectivity index is 4.20. The van der Waals surface area contributed by atoms with Crippen LogP contribution in [0.15, 0.2) is 0 Å². The van der Waals surface area contributed by atoms with Gasteiger partial charge in [0.05, 0.1) is 44.9 Å². The van der Waals surface area contributed by atoms with Gasteiger partial charge in [0.2, 0.25) is 0 Å². The highest BCUT2D eigenvalue weighted by Crippen LogP contribution is 2.03. The molecular formula is C16H18O8. The average Bonchev–Trinajstić information content (AvgIpc) is 2.35. The highest BCUT2D eigenvalue weighted by atomic mass is 16.2. The zero-order valence-corrected chi connectivity index (χ0v) is 13.3. The Hall–Kier alpha value is -2.64. The standard InChI is InChI=1S/C16H18O8/c1-10(18)4-12(20)6-14(22)8-16(24)9-15(23)7-13(21)5-11(19)2-3-17/h3H,2,4-9H2,1H3. The van der Waals surface area contributed by atoms with Crippen molar-refractivity contribution >= 4 is 46.8 Å². The number of hydrogen-bond donors (Lipinski definition) is 0. The molecule has 0 atom stereocenters. The van der Waals surface area contributed by atoms with Gasteiger partial charge in [0.15, 0.2) is 0 Å². The molecule has 0 aromatic rings. The van der Waals surface area contributed by atoms with Crippen LogP contribution < -0.4 is 0 Å². The van der Waals surface area contributed by atoms with E-state index < -0.39 is 79.0 Å². The van der Waals surface area contributed by atoms with E-state index >= 15 is 0 Å². The van der Waals surface area contributed by atoms with Gasteiger partial charge in [-0.1, -0.05) is 0 Å². The summed E-state index contributed by atoms with van der Waals surface area (Å²) in [6, 6.07) is 0. The van der Waals surface area contributed by atoms with Gasteiger partial charge in [-0.15, -0.1) is 0 Å². The minimum atomic E-state index is -0.744. The molecule has 0 saturated heterocycles. The largest absolute Gasteiger partial charge is 0.303 e. The Labute approximate surface area is 138 Å². The lowest BCUT2D eigenvalue weighted by Gasteiger charge is -2.01. The summed E-state index contributed by atoms with van der Waals surface area (Å²) in [4.78, 5) is 89.0. The quantitative estimate of drug-likeness (QED) is 0.317. The van der Waals surface area contributed by atoms with Gasteiger partial charge in [0.25, 0.3) is 0 Å². The van der Waals surface area contributed by atoms with Gasteiger partial charge in [0.1, 0.15) is 46.8 Å². The summed E-state index contributed by atoms with van der Waals surface area (Å²) in [7, 11) is 0. The first-order valence-corrected chi connectivity index (χ1v) is 7.17. The summed E-state index contributed by atoms with van der Waals surface area (Å²) in [5.74, 6) is -4.51. The molecule has 0 aromatic carbocycles. The predicted octanol–water partition coefficient (Wildman–Crippen LogP) is -0.0804. The van der Waals surface area contributed by atoms with E-state index in [1.807, 2.05) is 0 Å². The number of aldehydes is 1. The third-order valence-corrected chi connectivity index (χ3v) is 2.73. The first-order valence-electron chi connectivity index (χ1n) is 7.17. The number of carbonyl (C=O) groups is 8. The van der Waals surface area contributed by atoms with Crippen molar-refractivity contribution in [3.05, 3.63) is 0 Å². The molecule has 0 amide bonds. The third kappa shape index (κ3) is 11.0. The fourth-order valence-corrected chi connectivity index (χ4v) is 1.85. The fourth-order valence-electron chi connectivity index (χ4n) is 1.85. The minimum absolute atomic E-state index is 0.347. The minimum Gasteiger partial charge on any atom is -0.303 e. The molecule has 8 nitrogen and oxygen atoms in total. The van der Waals surface area contributed by atoms with Crippen molar-refractivity contribution in [3.63, 3.8) is 0 Å². The zero-order valence-electron chi connectivity index (χ0n) is 13.3. The van der Waals surface area contributed by atoms with Crippen molar-refractivity contribution < 1.29 is 38.4 Å². The lowest BCUT2D eigenvalue weighted by Crippen LogP contribution is -2.18. The van der Waals surface area contributed by atoms with Crippen LogP contribution in [0.5, 0.6) is 0 Å². The number of rotatable bonds is 14. The maximum atomic E-state index is 11.5. The molecule has 0 heterocycles. The molecular weight excluding hydrogens is 320 g/mol. The van der Waals surface area contributed by atoms with Crippen molar-refractivity contribution in [1.29, 1.82) is 0 Å². The Morgan fingerprint density at radius 1 is 0.542 bits per heavy atom. The van der Waals surface area contributed by atoms with Crippen molar-refractivity contribution in [1.82, 2.24) is 0 Å². The number of hydrogen-bond acceptors (Lipinski definition) is 8. The summed E-state index contributed by atoms with van der Waals surface area (Å²) in [6.07, 6.45) is -3.48. The van der Waals surface area contributed by atoms with Gasteiger partial charge < -0.3 is 4.79 Å². The highest BCUT2D eigenvalue weighted by Gasteiger charge is 2.19. The van der Waals surface area contributed by atoms with E-state index in [1.165, 1.54) is 6.92 Å². The Kier molecular flexibility index (Phi) is 9.77. The normalized spacial score (nSPS) is 9.88. The van der Waals surface area contributed by atoms with Crippen LogP contribution in [0.25, 0.3) is 0 Å². The van der Waals surface area contributed by atoms with E-state index in [4.69, 9.17) is 0 Å². The lowest BCUT2D eigenvalue weighted by atomic mass is 10.0. The molecule has 24 heavy (non-hydrogen) atoms. The second-order valence-electron chi connectivity index (χ2n) is 5.37. The van der Waals surface area contributed by atoms with E-state index in [-0.39, 0.29) is 6.42 Å². The lowest BCUT2D eigenvalue weighted by molar-refractivity contribution is -0.132. The molecule has 0 aliphatic rings. The van der Waals surface area contributed by atoms with Gasteiger partial charge in [-0.2, -0.15) is 0 Å². The molecule has 130 valence electrons. The van der Waals surface area contributed by atoms with Gasteiger partial charge >= 0.3 is 0 Å². The first kappa shape index (κ1) is 21.4. The molecule has 8 heteroatoms. The highest BCUT2D eigenvalue weighted by molar-refractivity contribution is 6.16. The molecule has 0 aromatic heterocycles. The summed E-state index contributed by atoms with van der Waals surface area (Å²) >= 11 is 0. The first-order chi connectivity index (χ1) is 11.1. The third-order valence-electron chi connectivity index (χ3n) is 2.73. The van der Waals surface area contributed by atoms with Crippen LogP contribution in [0.2, 0.25) is 0 Å². The molecule has 0 unspecified atom stereocenters. The van der Waals surface area contributed by atoms with Gasteiger partial charge in [0, 0.05) is 0 Å². The van der Waals surface area contributed by atoms with Gasteiger partial charge in [-0.05, 0) is 6.92 Å². The van der Waals surface area contributed by atoms with E-state index in [0.29, 0.717) is 6.29 Å². The fraction of sp³-hybridized carbons (Fsp3) is 0.500. The molecule has 0 aliphatic heterocycles. The maximum absolute atomic E-state index is 11.5. The van der Waals surface area contributed by atoms with Crippen molar-refractivity contribution in [2.45, 2.75) is 51.9 Å². The number of Topliss-reactive ketones (excluding diaryl/α,β-unsaturated/α-hetero) is 7. The Bertz CT molecular complexity index is 585. The van der Waals surface area contributed by atoms with E-state index in [2.05, 4.69) is 0 Å². The van der Waals surface area contributed by atoms with Crippen molar-refractivity contribution in [3.8, 4) is 0 Å². The molecule has 0 rings (SSSR count). The zero-order chi connectivity index (χ0) is 18.7. The molecule has 0 bridgehead atoms. The predicted molar refractivity (Wildman–Crippen MR) is 79.1 cm³/mol. The average molecular weight is 338 g/mol. The maximum Gasteiger partial charge on any atom is 0.147 e. The van der Waals surface area contributed by atoms with E-state index in [9.17, 15) is 38.4 Å². The number of ketones is 7. The number of carbonyl (C=O) groups excluding carboxylic acids is 8. The van der Waals surface area contributed by atoms with Crippen LogP contribution in [-0.4, -0.2) is 46.8 Å². The summed E-state index contributed by atoms with van der Waals surface area (Å²) in [5, 5.41) is 0. The summed E-state index contributed by atoms with van der Waals surface area (Å²) < 4.78 is 0. The molecule has 0 aliphatic carbocycles. The molecule has 0 fully saturated rings. The van der Waals surface area contributed by atoms with Crippen LogP contribution in [0, 0.1) is 0 Å². The van der Waals surface area contributed by atoms with Crippen LogP contribution >= 0.6 is 0 Å². The Morgan fingerprint density at radius 2 is 0.833 bits per heavy atom. The summed E-state index contributed by atoms with van der Waals surface area (Å²) in [5.41, 5.74) is 0. The van der Waals surface area contributed by atoms with Crippen LogP contribution in [0.3, 0.4) is 0 Å². The second kappa shape index (κ2) is 11.0. The summed E-state index contributed by atoms with van der Waals surface area (Å²) in [6.45, 7) is 1.20. The van der Waals surface area contributed by atoms with E-state index in [0.717, 1.165) is 0 Å². The SMILES string of the molecule is CC(=O)CC(=O)CC(=O)CC(=O)CC(=O)CC(=O)CC(=O)CC=O. The molecule has 0 spiro atoms. The molecule has 0 N–H and O–H groups in total. The smallest absolute Gasteiger partial charge is 0.147 e. The molecule has 0 saturated carbocycles. The van der Waals surface area contributed by atoms with Crippen LogP contribution in [0.4, 0.5) is 0 Å². The van der Waals surface area contributed by atoms with Crippen LogP contribution in [0.1, 0.15) is 51.9 Å². The van der Waals surface area contributed by atoms with Gasteiger partial charge in [-0.3, -0.25) is 33.6 Å². The van der Waals surface area contributed by atoms with Crippen molar-refractivity contribution in [2.75, 3.05) is 0 Å². The van der Waals surface area contributed by atoms with Gasteiger partial charge in [-0.25, -0.2) is 0 Å². The Morgan fingerprint density at radius 3 is 1.12 bits per heavy atom. The van der Waals surface area contributed by atoms with Crippen LogP contribution in [-0.2, 0) is 38.4 Å². The van der Waals surface area contributed by atoms with E-state index in [1.54, 1.807) is 0 Å². The topological polar surface area (TPSA) is 137 Å². The second-order valence-corrected chi connectivity index (χ2v) is 5.37. The monoisotopic (exact) mass is 338 g/mol. The van der Waals surface area contributed by atoms with Crippen molar-refractivity contribution in [2.24, 2.45) is 0 Å². The molecule has 0 radical (unpaired) electrons.